The fraction of sp³-hybridized carbons (Fsp3) is 0.250. The maximum absolute atomic E-state index is 13.6. The molecular weight excluding hydrogens is 561 g/mol. The van der Waals surface area contributed by atoms with Crippen molar-refractivity contribution < 1.29 is 22.8 Å². The number of nitrogens with one attached hydrogen (secondary N) is 1. The fourth-order valence-corrected chi connectivity index (χ4v) is 6.45. The van der Waals surface area contributed by atoms with Crippen LogP contribution in [-0.4, -0.2) is 55.0 Å². The lowest BCUT2D eigenvalue weighted by molar-refractivity contribution is -0.141. The standard InChI is InChI=1S/C28H27Cl2N3O5S/c1-31-27(35)24(17-19-8-3-2-4-9-19)32(18-20-13-14-22(29)23(30)16-20)26(34)12-7-15-33-28(36)21-10-5-6-11-25(21)39(33,37)38/h2-6,8-11,13-14,16,24H,7,12,15,17-18H2,1H3,(H,31,35). The van der Waals surface area contributed by atoms with E-state index in [-0.39, 0.29) is 54.6 Å². The highest BCUT2D eigenvalue weighted by Gasteiger charge is 2.40. The molecule has 1 N–H and O–H groups in total. The molecule has 0 saturated carbocycles. The van der Waals surface area contributed by atoms with Crippen molar-refractivity contribution in [1.29, 1.82) is 0 Å². The SMILES string of the molecule is CNC(=O)C(Cc1ccccc1)N(Cc1ccc(Cl)c(Cl)c1)C(=O)CCCN1C(=O)c2ccccc2S1(=O)=O. The zero-order chi connectivity index (χ0) is 28.2. The van der Waals surface area contributed by atoms with Gasteiger partial charge in [0.15, 0.2) is 0 Å². The van der Waals surface area contributed by atoms with Gasteiger partial charge in [-0.05, 0) is 41.8 Å². The van der Waals surface area contributed by atoms with Crippen molar-refractivity contribution in [2.24, 2.45) is 0 Å². The van der Waals surface area contributed by atoms with Gasteiger partial charge < -0.3 is 10.2 Å². The third-order valence-electron chi connectivity index (χ3n) is 6.52. The topological polar surface area (TPSA) is 104 Å². The summed E-state index contributed by atoms with van der Waals surface area (Å²) in [6.45, 7) is -0.0848. The van der Waals surface area contributed by atoms with E-state index >= 15 is 0 Å². The average molecular weight is 589 g/mol. The Balaban J connectivity index is 1.55. The second-order valence-corrected chi connectivity index (χ2v) is 11.7. The Morgan fingerprint density at radius 1 is 0.949 bits per heavy atom. The molecule has 0 aromatic heterocycles. The van der Waals surface area contributed by atoms with Crippen LogP contribution in [0, 0.1) is 0 Å². The molecule has 1 aliphatic heterocycles. The maximum atomic E-state index is 13.6. The smallest absolute Gasteiger partial charge is 0.269 e. The Kier molecular flexibility index (Phi) is 8.94. The normalized spacial score (nSPS) is 14.5. The van der Waals surface area contributed by atoms with E-state index in [1.807, 2.05) is 30.3 Å². The molecule has 11 heteroatoms. The molecule has 39 heavy (non-hydrogen) atoms. The first-order chi connectivity index (χ1) is 18.6. The first kappa shape index (κ1) is 28.6. The van der Waals surface area contributed by atoms with E-state index < -0.39 is 22.0 Å². The van der Waals surface area contributed by atoms with E-state index in [2.05, 4.69) is 5.32 Å². The zero-order valence-corrected chi connectivity index (χ0v) is 23.5. The predicted molar refractivity (Wildman–Crippen MR) is 149 cm³/mol. The number of benzene rings is 3. The Bertz CT molecular complexity index is 1500. The first-order valence-electron chi connectivity index (χ1n) is 12.3. The van der Waals surface area contributed by atoms with Gasteiger partial charge in [-0.3, -0.25) is 14.4 Å². The van der Waals surface area contributed by atoms with Crippen LogP contribution in [0.2, 0.25) is 10.0 Å². The molecular formula is C28H27Cl2N3O5S. The van der Waals surface area contributed by atoms with Gasteiger partial charge in [0.2, 0.25) is 11.8 Å². The van der Waals surface area contributed by atoms with Gasteiger partial charge in [-0.2, -0.15) is 0 Å². The fourth-order valence-electron chi connectivity index (χ4n) is 4.52. The third-order valence-corrected chi connectivity index (χ3v) is 9.10. The minimum Gasteiger partial charge on any atom is -0.357 e. The van der Waals surface area contributed by atoms with Crippen molar-refractivity contribution in [3.05, 3.63) is 99.5 Å². The lowest BCUT2D eigenvalue weighted by atomic mass is 10.0. The zero-order valence-electron chi connectivity index (χ0n) is 21.1. The minimum absolute atomic E-state index is 0.0369. The highest BCUT2D eigenvalue weighted by Crippen LogP contribution is 2.30. The summed E-state index contributed by atoms with van der Waals surface area (Å²) >= 11 is 12.3. The molecule has 4 rings (SSSR count). The average Bonchev–Trinajstić information content (AvgIpc) is 3.13. The second kappa shape index (κ2) is 12.2. The maximum Gasteiger partial charge on any atom is 0.269 e. The van der Waals surface area contributed by atoms with Gasteiger partial charge in [-0.1, -0.05) is 71.7 Å². The Hall–Kier alpha value is -3.40. The number of amides is 3. The Morgan fingerprint density at radius 2 is 1.64 bits per heavy atom. The molecule has 1 atom stereocenters. The molecule has 1 unspecified atom stereocenters. The number of halogens is 2. The van der Waals surface area contributed by atoms with Crippen molar-refractivity contribution in [2.45, 2.75) is 36.7 Å². The quantitative estimate of drug-likeness (QED) is 0.381. The van der Waals surface area contributed by atoms with Crippen LogP contribution in [0.25, 0.3) is 0 Å². The van der Waals surface area contributed by atoms with Gasteiger partial charge in [0.1, 0.15) is 10.9 Å². The predicted octanol–water partition coefficient (Wildman–Crippen LogP) is 4.30. The molecule has 3 aromatic carbocycles. The number of hydrogen-bond acceptors (Lipinski definition) is 5. The largest absolute Gasteiger partial charge is 0.357 e. The van der Waals surface area contributed by atoms with Crippen LogP contribution >= 0.6 is 23.2 Å². The molecule has 0 bridgehead atoms. The molecule has 0 spiro atoms. The molecule has 204 valence electrons. The summed E-state index contributed by atoms with van der Waals surface area (Å²) in [7, 11) is -2.47. The van der Waals surface area contributed by atoms with Crippen LogP contribution in [0.1, 0.15) is 34.3 Å². The number of sulfonamides is 1. The number of carbonyl (C=O) groups excluding carboxylic acids is 3. The van der Waals surface area contributed by atoms with Gasteiger partial charge >= 0.3 is 0 Å². The van der Waals surface area contributed by atoms with Crippen molar-refractivity contribution in [2.75, 3.05) is 13.6 Å². The minimum atomic E-state index is -3.98. The van der Waals surface area contributed by atoms with Crippen molar-refractivity contribution in [1.82, 2.24) is 14.5 Å². The summed E-state index contributed by atoms with van der Waals surface area (Å²) in [4.78, 5) is 40.8. The highest BCUT2D eigenvalue weighted by atomic mass is 35.5. The van der Waals surface area contributed by atoms with Crippen LogP contribution in [0.3, 0.4) is 0 Å². The lowest BCUT2D eigenvalue weighted by Crippen LogP contribution is -2.49. The van der Waals surface area contributed by atoms with Crippen LogP contribution in [0.15, 0.2) is 77.7 Å². The number of carbonyl (C=O) groups is 3. The molecule has 1 aliphatic rings. The Labute approximate surface area is 237 Å². The summed E-state index contributed by atoms with van der Waals surface area (Å²) < 4.78 is 26.6. The summed E-state index contributed by atoms with van der Waals surface area (Å²) in [5, 5.41) is 3.32. The van der Waals surface area contributed by atoms with Gasteiger partial charge in [0.25, 0.3) is 15.9 Å². The number of likely N-dealkylation sites (N-methyl/N-ethyl adjacent to an activating group) is 1. The number of hydrogen-bond donors (Lipinski definition) is 1. The molecule has 3 amide bonds. The summed E-state index contributed by atoms with van der Waals surface area (Å²) in [5.74, 6) is -1.33. The first-order valence-corrected chi connectivity index (χ1v) is 14.5. The van der Waals surface area contributed by atoms with E-state index in [9.17, 15) is 22.8 Å². The molecule has 3 aromatic rings. The van der Waals surface area contributed by atoms with E-state index in [0.717, 1.165) is 9.87 Å². The van der Waals surface area contributed by atoms with Crippen LogP contribution < -0.4 is 5.32 Å². The molecule has 0 saturated heterocycles. The number of fused-ring (bicyclic) bond motifs is 1. The third kappa shape index (κ3) is 6.27. The molecule has 0 radical (unpaired) electrons. The van der Waals surface area contributed by atoms with Gasteiger partial charge in [0, 0.05) is 33.0 Å². The second-order valence-electron chi connectivity index (χ2n) is 9.07. The molecule has 1 heterocycles. The molecule has 8 nitrogen and oxygen atoms in total. The van der Waals surface area contributed by atoms with E-state index in [1.165, 1.54) is 24.1 Å². The van der Waals surface area contributed by atoms with E-state index in [1.54, 1.807) is 30.3 Å². The van der Waals surface area contributed by atoms with E-state index in [4.69, 9.17) is 23.2 Å². The van der Waals surface area contributed by atoms with Gasteiger partial charge in [-0.25, -0.2) is 12.7 Å². The number of nitrogens with zero attached hydrogens (tertiary/aromatic N) is 2. The van der Waals surface area contributed by atoms with Crippen LogP contribution in [-0.2, 0) is 32.6 Å². The van der Waals surface area contributed by atoms with E-state index in [0.29, 0.717) is 15.6 Å². The lowest BCUT2D eigenvalue weighted by Gasteiger charge is -2.31. The van der Waals surface area contributed by atoms with Crippen molar-refractivity contribution in [3.63, 3.8) is 0 Å². The number of rotatable bonds is 10. The van der Waals surface area contributed by atoms with Crippen LogP contribution in [0.5, 0.6) is 0 Å². The Morgan fingerprint density at radius 3 is 2.31 bits per heavy atom. The molecule has 0 fully saturated rings. The van der Waals surface area contributed by atoms with Crippen molar-refractivity contribution >= 4 is 50.9 Å². The summed E-state index contributed by atoms with van der Waals surface area (Å²) in [6, 6.07) is 19.5. The highest BCUT2D eigenvalue weighted by molar-refractivity contribution is 7.90. The summed E-state index contributed by atoms with van der Waals surface area (Å²) in [5.41, 5.74) is 1.66. The van der Waals surface area contributed by atoms with Gasteiger partial charge in [-0.15, -0.1) is 0 Å². The summed E-state index contributed by atoms with van der Waals surface area (Å²) in [6.07, 6.45) is 0.266. The van der Waals surface area contributed by atoms with Gasteiger partial charge in [0.05, 0.1) is 15.6 Å². The monoisotopic (exact) mass is 587 g/mol. The van der Waals surface area contributed by atoms with Crippen LogP contribution in [0.4, 0.5) is 0 Å². The van der Waals surface area contributed by atoms with Crippen molar-refractivity contribution in [3.8, 4) is 0 Å². The molecule has 0 aliphatic carbocycles.